The number of rotatable bonds is 17. The van der Waals surface area contributed by atoms with Crippen molar-refractivity contribution in [1.82, 2.24) is 20.4 Å². The monoisotopic (exact) mass is 697 g/mol. The normalized spacial score (nSPS) is 16.2. The van der Waals surface area contributed by atoms with Gasteiger partial charge in [-0.3, -0.25) is 14.9 Å². The van der Waals surface area contributed by atoms with Crippen LogP contribution in [0.2, 0.25) is 0 Å². The Kier molecular flexibility index (Phi) is 15.2. The van der Waals surface area contributed by atoms with Gasteiger partial charge in [0.25, 0.3) is 0 Å². The standard InChI is InChI=1S/C41H55N5O5/c47-35-18-16-32(17-19-35)30-34(31-46-25-10-3-11-26-46)40(49)43-24-9-2-8-23-42-39(48)22-29-45-27-20-36(21-28-45)51-41(50)44-38-15-7-6-14-37(38)33-12-4-1-5-13-33/h1,4-7,12-19,34,36,47H,2-3,8-11,20-31H2,(H,42,48)(H,43,49)(H,44,50). The third-order valence-electron chi connectivity index (χ3n) is 9.90. The minimum atomic E-state index is -0.443. The minimum absolute atomic E-state index is 0.0490. The number of likely N-dealkylation sites (tertiary alicyclic amines) is 2. The fraction of sp³-hybridized carbons (Fsp3) is 0.488. The molecule has 2 aliphatic heterocycles. The second-order valence-electron chi connectivity index (χ2n) is 13.9. The lowest BCUT2D eigenvalue weighted by molar-refractivity contribution is -0.125. The van der Waals surface area contributed by atoms with Crippen molar-refractivity contribution in [2.75, 3.05) is 57.7 Å². The van der Waals surface area contributed by atoms with E-state index in [2.05, 4.69) is 25.8 Å². The third-order valence-corrected chi connectivity index (χ3v) is 9.90. The molecule has 1 atom stereocenters. The SMILES string of the molecule is O=C(CCN1CCC(OC(=O)Nc2ccccc2-c2ccccc2)CC1)NCCCCCNC(=O)C(Cc1ccc(O)cc1)CN1CCCCC1. The lowest BCUT2D eigenvalue weighted by atomic mass is 9.96. The fourth-order valence-electron chi connectivity index (χ4n) is 6.97. The molecule has 2 saturated heterocycles. The van der Waals surface area contributed by atoms with E-state index in [9.17, 15) is 19.5 Å². The first-order chi connectivity index (χ1) is 24.9. The van der Waals surface area contributed by atoms with Crippen LogP contribution >= 0.6 is 0 Å². The number of hydrogen-bond acceptors (Lipinski definition) is 7. The molecule has 5 rings (SSSR count). The van der Waals surface area contributed by atoms with Gasteiger partial charge < -0.3 is 30.3 Å². The predicted molar refractivity (Wildman–Crippen MR) is 202 cm³/mol. The molecule has 1 unspecified atom stereocenters. The van der Waals surface area contributed by atoms with E-state index in [1.54, 1.807) is 12.1 Å². The second-order valence-corrected chi connectivity index (χ2v) is 13.9. The maximum Gasteiger partial charge on any atom is 0.411 e. The van der Waals surface area contributed by atoms with E-state index >= 15 is 0 Å². The van der Waals surface area contributed by atoms with Crippen LogP contribution in [-0.2, 0) is 20.7 Å². The fourth-order valence-corrected chi connectivity index (χ4v) is 6.97. The Bertz CT molecular complexity index is 1500. The van der Waals surface area contributed by atoms with E-state index in [4.69, 9.17) is 4.74 Å². The van der Waals surface area contributed by atoms with Crippen LogP contribution in [0.1, 0.15) is 63.4 Å². The molecule has 274 valence electrons. The molecule has 0 spiro atoms. The molecule has 3 aromatic rings. The van der Waals surface area contributed by atoms with Crippen molar-refractivity contribution in [3.05, 3.63) is 84.4 Å². The van der Waals surface area contributed by atoms with Crippen molar-refractivity contribution in [1.29, 1.82) is 0 Å². The molecule has 0 aliphatic carbocycles. The zero-order chi connectivity index (χ0) is 35.7. The summed E-state index contributed by atoms with van der Waals surface area (Å²) < 4.78 is 5.75. The van der Waals surface area contributed by atoms with Gasteiger partial charge in [0, 0.05) is 51.3 Å². The summed E-state index contributed by atoms with van der Waals surface area (Å²) in [5.41, 5.74) is 3.75. The molecule has 4 N–H and O–H groups in total. The molecule has 0 saturated carbocycles. The number of amides is 3. The number of para-hydroxylation sites is 1. The number of piperidine rings is 2. The van der Waals surface area contributed by atoms with E-state index in [1.165, 1.54) is 19.3 Å². The predicted octanol–water partition coefficient (Wildman–Crippen LogP) is 6.21. The van der Waals surface area contributed by atoms with Gasteiger partial charge in [-0.05, 0) is 93.8 Å². The molecular weight excluding hydrogens is 642 g/mol. The maximum absolute atomic E-state index is 13.2. The summed E-state index contributed by atoms with van der Waals surface area (Å²) >= 11 is 0. The molecule has 3 amide bonds. The van der Waals surface area contributed by atoms with E-state index in [1.807, 2.05) is 66.7 Å². The summed E-state index contributed by atoms with van der Waals surface area (Å²) in [7, 11) is 0. The molecule has 0 radical (unpaired) electrons. The molecule has 51 heavy (non-hydrogen) atoms. The van der Waals surface area contributed by atoms with Gasteiger partial charge in [-0.2, -0.15) is 0 Å². The van der Waals surface area contributed by atoms with Crippen molar-refractivity contribution < 1.29 is 24.2 Å². The number of benzene rings is 3. The topological polar surface area (TPSA) is 123 Å². The van der Waals surface area contributed by atoms with Crippen molar-refractivity contribution in [2.24, 2.45) is 5.92 Å². The number of hydrogen-bond donors (Lipinski definition) is 4. The van der Waals surface area contributed by atoms with Crippen LogP contribution in [-0.4, -0.2) is 91.3 Å². The van der Waals surface area contributed by atoms with Gasteiger partial charge in [-0.25, -0.2) is 4.79 Å². The number of anilines is 1. The molecule has 3 aromatic carbocycles. The Balaban J connectivity index is 0.909. The first kappa shape index (κ1) is 37.8. The summed E-state index contributed by atoms with van der Waals surface area (Å²) in [5, 5.41) is 18.8. The first-order valence-corrected chi connectivity index (χ1v) is 18.8. The Morgan fingerprint density at radius 1 is 0.765 bits per heavy atom. The number of carbonyl (C=O) groups is 3. The molecule has 2 aliphatic rings. The number of nitrogens with one attached hydrogen (secondary N) is 3. The lowest BCUT2D eigenvalue weighted by Gasteiger charge is -2.31. The molecule has 10 heteroatoms. The highest BCUT2D eigenvalue weighted by molar-refractivity contribution is 5.91. The number of ether oxygens (including phenoxy) is 1. The van der Waals surface area contributed by atoms with Crippen LogP contribution in [0, 0.1) is 5.92 Å². The van der Waals surface area contributed by atoms with Gasteiger partial charge in [0.05, 0.1) is 11.6 Å². The van der Waals surface area contributed by atoms with E-state index < -0.39 is 6.09 Å². The number of nitrogens with zero attached hydrogens (tertiary/aromatic N) is 2. The summed E-state index contributed by atoms with van der Waals surface area (Å²) in [4.78, 5) is 43.1. The van der Waals surface area contributed by atoms with Gasteiger partial charge in [-0.1, -0.05) is 67.1 Å². The van der Waals surface area contributed by atoms with Crippen molar-refractivity contribution in [3.63, 3.8) is 0 Å². The number of carbonyl (C=O) groups excluding carboxylic acids is 3. The average Bonchev–Trinajstić information content (AvgIpc) is 3.15. The van der Waals surface area contributed by atoms with Crippen LogP contribution in [0.15, 0.2) is 78.9 Å². The number of phenols is 1. The summed E-state index contributed by atoms with van der Waals surface area (Å²) in [5.74, 6) is 0.246. The highest BCUT2D eigenvalue weighted by Gasteiger charge is 2.24. The van der Waals surface area contributed by atoms with Crippen LogP contribution in [0.5, 0.6) is 5.75 Å². The van der Waals surface area contributed by atoms with E-state index in [-0.39, 0.29) is 29.6 Å². The molecule has 2 fully saturated rings. The summed E-state index contributed by atoms with van der Waals surface area (Å²) in [6.45, 7) is 6.36. The first-order valence-electron chi connectivity index (χ1n) is 18.8. The zero-order valence-corrected chi connectivity index (χ0v) is 29.9. The molecule has 10 nitrogen and oxygen atoms in total. The molecular formula is C41H55N5O5. The lowest BCUT2D eigenvalue weighted by Crippen LogP contribution is -2.42. The Morgan fingerprint density at radius 2 is 1.45 bits per heavy atom. The van der Waals surface area contributed by atoms with E-state index in [0.717, 1.165) is 87.2 Å². The van der Waals surface area contributed by atoms with Gasteiger partial charge >= 0.3 is 6.09 Å². The molecule has 0 bridgehead atoms. The van der Waals surface area contributed by atoms with Gasteiger partial charge in [0.2, 0.25) is 11.8 Å². The second kappa shape index (κ2) is 20.4. The van der Waals surface area contributed by atoms with Gasteiger partial charge in [-0.15, -0.1) is 0 Å². The highest BCUT2D eigenvalue weighted by Crippen LogP contribution is 2.28. The van der Waals surface area contributed by atoms with Crippen LogP contribution < -0.4 is 16.0 Å². The van der Waals surface area contributed by atoms with E-state index in [0.29, 0.717) is 32.5 Å². The van der Waals surface area contributed by atoms with Crippen LogP contribution in [0.3, 0.4) is 0 Å². The van der Waals surface area contributed by atoms with Crippen LogP contribution in [0.25, 0.3) is 11.1 Å². The highest BCUT2D eigenvalue weighted by atomic mass is 16.6. The number of phenolic OH excluding ortho intramolecular Hbond substituents is 1. The number of aromatic hydroxyl groups is 1. The zero-order valence-electron chi connectivity index (χ0n) is 29.9. The van der Waals surface area contributed by atoms with Crippen molar-refractivity contribution in [3.8, 4) is 16.9 Å². The molecule has 2 heterocycles. The Hall–Kier alpha value is -4.41. The minimum Gasteiger partial charge on any atom is -0.508 e. The average molecular weight is 698 g/mol. The maximum atomic E-state index is 13.2. The largest absolute Gasteiger partial charge is 0.508 e. The third kappa shape index (κ3) is 13.0. The summed E-state index contributed by atoms with van der Waals surface area (Å²) in [6.07, 6.45) is 8.27. The quantitative estimate of drug-likeness (QED) is 0.124. The smallest absolute Gasteiger partial charge is 0.411 e. The Labute approximate surface area is 302 Å². The molecule has 0 aromatic heterocycles. The summed E-state index contributed by atoms with van der Waals surface area (Å²) in [6, 6.07) is 24.8. The van der Waals surface area contributed by atoms with Crippen LogP contribution in [0.4, 0.5) is 10.5 Å². The Morgan fingerprint density at radius 3 is 2.20 bits per heavy atom. The van der Waals surface area contributed by atoms with Gasteiger partial charge in [0.1, 0.15) is 11.9 Å². The van der Waals surface area contributed by atoms with Gasteiger partial charge in [0.15, 0.2) is 0 Å². The number of unbranched alkanes of at least 4 members (excludes halogenated alkanes) is 2. The van der Waals surface area contributed by atoms with Crippen molar-refractivity contribution >= 4 is 23.6 Å². The van der Waals surface area contributed by atoms with Crippen molar-refractivity contribution in [2.45, 2.75) is 70.3 Å².